The predicted octanol–water partition coefficient (Wildman–Crippen LogP) is 4.03. The van der Waals surface area contributed by atoms with E-state index in [1.807, 2.05) is 13.8 Å². The number of benzene rings is 2. The Balaban J connectivity index is 1.64. The molecule has 0 aliphatic rings. The summed E-state index contributed by atoms with van der Waals surface area (Å²) >= 11 is 5.91. The standard InChI is InChI=1S/C22H23ClN6O3/c1-13(2)11-32-22(31)14-6-8-17(9-7-14)27-19-18(24)20(26-12-25-19)28-29-21(30)15-4-3-5-16(23)10-15/h3-10,12-13H,11,24H2,1-2H3,(H,29,30)(H2,25,26,27,28). The number of rotatable bonds is 8. The van der Waals surface area contributed by atoms with Crippen LogP contribution in [0.3, 0.4) is 0 Å². The summed E-state index contributed by atoms with van der Waals surface area (Å²) in [5.74, 6) is 0.0220. The van der Waals surface area contributed by atoms with E-state index in [9.17, 15) is 9.59 Å². The van der Waals surface area contributed by atoms with E-state index in [0.717, 1.165) is 0 Å². The number of ether oxygens (including phenoxy) is 1. The van der Waals surface area contributed by atoms with Gasteiger partial charge in [-0.3, -0.25) is 15.6 Å². The maximum absolute atomic E-state index is 12.3. The molecule has 0 saturated heterocycles. The van der Waals surface area contributed by atoms with Gasteiger partial charge >= 0.3 is 5.97 Å². The predicted molar refractivity (Wildman–Crippen MR) is 124 cm³/mol. The summed E-state index contributed by atoms with van der Waals surface area (Å²) in [6.07, 6.45) is 1.30. The maximum Gasteiger partial charge on any atom is 0.338 e. The molecule has 0 bridgehead atoms. The third kappa shape index (κ3) is 6.08. The quantitative estimate of drug-likeness (QED) is 0.296. The zero-order valence-electron chi connectivity index (χ0n) is 17.6. The highest BCUT2D eigenvalue weighted by atomic mass is 35.5. The number of aromatic nitrogens is 2. The molecule has 2 aromatic carbocycles. The first-order valence-corrected chi connectivity index (χ1v) is 10.2. The fourth-order valence-electron chi connectivity index (χ4n) is 2.56. The molecule has 0 spiro atoms. The van der Waals surface area contributed by atoms with Gasteiger partial charge in [-0.2, -0.15) is 0 Å². The van der Waals surface area contributed by atoms with Gasteiger partial charge in [-0.05, 0) is 48.4 Å². The number of nitrogen functional groups attached to an aromatic ring is 1. The highest BCUT2D eigenvalue weighted by Gasteiger charge is 2.12. The Kier molecular flexibility index (Phi) is 7.45. The fourth-order valence-corrected chi connectivity index (χ4v) is 2.75. The van der Waals surface area contributed by atoms with Crippen LogP contribution in [0, 0.1) is 5.92 Å². The summed E-state index contributed by atoms with van der Waals surface area (Å²) in [6, 6.07) is 13.2. The summed E-state index contributed by atoms with van der Waals surface area (Å²) in [4.78, 5) is 32.5. The van der Waals surface area contributed by atoms with Gasteiger partial charge in [-0.15, -0.1) is 0 Å². The van der Waals surface area contributed by atoms with Crippen LogP contribution in [0.15, 0.2) is 54.9 Å². The molecule has 10 heteroatoms. The van der Waals surface area contributed by atoms with Gasteiger partial charge in [-0.25, -0.2) is 14.8 Å². The van der Waals surface area contributed by atoms with Crippen LogP contribution >= 0.6 is 11.6 Å². The number of halogens is 1. The van der Waals surface area contributed by atoms with Gasteiger partial charge in [0.05, 0.1) is 12.2 Å². The molecule has 0 unspecified atom stereocenters. The Morgan fingerprint density at radius 2 is 1.78 bits per heavy atom. The van der Waals surface area contributed by atoms with Gasteiger partial charge in [0.15, 0.2) is 11.6 Å². The lowest BCUT2D eigenvalue weighted by Crippen LogP contribution is -2.30. The molecule has 0 atom stereocenters. The van der Waals surface area contributed by atoms with Crippen LogP contribution in [0.5, 0.6) is 0 Å². The van der Waals surface area contributed by atoms with Gasteiger partial charge in [-0.1, -0.05) is 31.5 Å². The van der Waals surface area contributed by atoms with Gasteiger partial charge < -0.3 is 15.8 Å². The summed E-state index contributed by atoms with van der Waals surface area (Å²) in [5, 5.41) is 3.51. The average Bonchev–Trinajstić information content (AvgIpc) is 2.78. The van der Waals surface area contributed by atoms with Crippen LogP contribution in [0.25, 0.3) is 0 Å². The van der Waals surface area contributed by atoms with E-state index in [2.05, 4.69) is 26.1 Å². The largest absolute Gasteiger partial charge is 0.462 e. The normalized spacial score (nSPS) is 10.5. The summed E-state index contributed by atoms with van der Waals surface area (Å²) in [6.45, 7) is 4.30. The summed E-state index contributed by atoms with van der Waals surface area (Å²) < 4.78 is 5.22. The Hall–Kier alpha value is -3.85. The van der Waals surface area contributed by atoms with Crippen LogP contribution in [0.4, 0.5) is 23.0 Å². The minimum Gasteiger partial charge on any atom is -0.462 e. The van der Waals surface area contributed by atoms with Gasteiger partial charge in [0.2, 0.25) is 0 Å². The first kappa shape index (κ1) is 22.8. The number of hydrogen-bond acceptors (Lipinski definition) is 8. The van der Waals surface area contributed by atoms with Crippen LogP contribution in [-0.2, 0) is 4.74 Å². The Morgan fingerprint density at radius 1 is 1.06 bits per heavy atom. The zero-order chi connectivity index (χ0) is 23.1. The van der Waals surface area contributed by atoms with Crippen molar-refractivity contribution in [2.24, 2.45) is 5.92 Å². The molecule has 0 radical (unpaired) electrons. The van der Waals surface area contributed by atoms with Crippen molar-refractivity contribution in [2.45, 2.75) is 13.8 Å². The van der Waals surface area contributed by atoms with Crippen LogP contribution in [0.2, 0.25) is 5.02 Å². The topological polar surface area (TPSA) is 131 Å². The third-order valence-corrected chi connectivity index (χ3v) is 4.43. The Labute approximate surface area is 190 Å². The number of carbonyl (C=O) groups is 2. The first-order valence-electron chi connectivity index (χ1n) is 9.80. The molecule has 0 fully saturated rings. The van der Waals surface area contributed by atoms with Gasteiger partial charge in [0, 0.05) is 16.3 Å². The minimum atomic E-state index is -0.403. The molecule has 0 saturated carbocycles. The number of amides is 1. The van der Waals surface area contributed by atoms with Crippen molar-refractivity contribution >= 4 is 46.5 Å². The smallest absolute Gasteiger partial charge is 0.338 e. The van der Waals surface area contributed by atoms with Crippen LogP contribution < -0.4 is 21.9 Å². The number of hydrogen-bond donors (Lipinski definition) is 4. The number of nitrogens with zero attached hydrogens (tertiary/aromatic N) is 2. The highest BCUT2D eigenvalue weighted by molar-refractivity contribution is 6.31. The number of anilines is 4. The minimum absolute atomic E-state index is 0.194. The Morgan fingerprint density at radius 3 is 2.47 bits per heavy atom. The lowest BCUT2D eigenvalue weighted by molar-refractivity contribution is 0.0459. The first-order chi connectivity index (χ1) is 15.3. The molecule has 9 nitrogen and oxygen atoms in total. The van der Waals surface area contributed by atoms with E-state index < -0.39 is 5.91 Å². The lowest BCUT2D eigenvalue weighted by atomic mass is 10.2. The van der Waals surface area contributed by atoms with Crippen molar-refractivity contribution in [3.63, 3.8) is 0 Å². The molecule has 1 aromatic heterocycles. The molecule has 3 aromatic rings. The maximum atomic E-state index is 12.3. The molecular weight excluding hydrogens is 432 g/mol. The van der Waals surface area contributed by atoms with E-state index >= 15 is 0 Å². The second-order valence-electron chi connectivity index (χ2n) is 7.27. The van der Waals surface area contributed by atoms with Crippen molar-refractivity contribution in [1.82, 2.24) is 15.4 Å². The van der Waals surface area contributed by atoms with Crippen LogP contribution in [-0.4, -0.2) is 28.5 Å². The number of hydrazine groups is 1. The summed E-state index contributed by atoms with van der Waals surface area (Å²) in [7, 11) is 0. The molecule has 1 heterocycles. The van der Waals surface area contributed by atoms with Crippen molar-refractivity contribution in [1.29, 1.82) is 0 Å². The molecule has 166 valence electrons. The molecular formula is C22H23ClN6O3. The van der Waals surface area contributed by atoms with E-state index in [1.54, 1.807) is 42.5 Å². The fraction of sp³-hybridized carbons (Fsp3) is 0.182. The van der Waals surface area contributed by atoms with Crippen molar-refractivity contribution < 1.29 is 14.3 Å². The molecule has 1 amide bonds. The van der Waals surface area contributed by atoms with Gasteiger partial charge in [0.1, 0.15) is 12.0 Å². The second kappa shape index (κ2) is 10.5. The van der Waals surface area contributed by atoms with Crippen molar-refractivity contribution in [2.75, 3.05) is 23.1 Å². The van der Waals surface area contributed by atoms with Crippen LogP contribution in [0.1, 0.15) is 34.6 Å². The molecule has 0 aliphatic heterocycles. The number of nitrogens with two attached hydrogens (primary N) is 1. The third-order valence-electron chi connectivity index (χ3n) is 4.20. The SMILES string of the molecule is CC(C)COC(=O)c1ccc(Nc2ncnc(NNC(=O)c3cccc(Cl)c3)c2N)cc1. The lowest BCUT2D eigenvalue weighted by Gasteiger charge is -2.13. The molecule has 0 aliphatic carbocycles. The molecule has 5 N–H and O–H groups in total. The Bertz CT molecular complexity index is 1110. The van der Waals surface area contributed by atoms with E-state index in [1.165, 1.54) is 12.4 Å². The monoisotopic (exact) mass is 454 g/mol. The molecule has 3 rings (SSSR count). The van der Waals surface area contributed by atoms with E-state index in [4.69, 9.17) is 22.1 Å². The zero-order valence-corrected chi connectivity index (χ0v) is 18.3. The summed E-state index contributed by atoms with van der Waals surface area (Å²) in [5.41, 5.74) is 13.0. The average molecular weight is 455 g/mol. The van der Waals surface area contributed by atoms with Crippen molar-refractivity contribution in [3.8, 4) is 0 Å². The number of nitrogens with one attached hydrogen (secondary N) is 3. The van der Waals surface area contributed by atoms with E-state index in [0.29, 0.717) is 34.3 Å². The van der Waals surface area contributed by atoms with E-state index in [-0.39, 0.29) is 23.4 Å². The molecule has 32 heavy (non-hydrogen) atoms. The highest BCUT2D eigenvalue weighted by Crippen LogP contribution is 2.25. The number of esters is 1. The second-order valence-corrected chi connectivity index (χ2v) is 7.71. The number of carbonyl (C=O) groups excluding carboxylic acids is 2. The van der Waals surface area contributed by atoms with Crippen molar-refractivity contribution in [3.05, 3.63) is 71.0 Å². The van der Waals surface area contributed by atoms with Gasteiger partial charge in [0.25, 0.3) is 5.91 Å².